The van der Waals surface area contributed by atoms with Gasteiger partial charge in [-0.05, 0) is 48.8 Å². The van der Waals surface area contributed by atoms with Crippen molar-refractivity contribution in [3.63, 3.8) is 0 Å². The van der Waals surface area contributed by atoms with Crippen LogP contribution >= 0.6 is 0 Å². The van der Waals surface area contributed by atoms with Crippen LogP contribution in [0.4, 0.5) is 0 Å². The van der Waals surface area contributed by atoms with Crippen molar-refractivity contribution in [3.05, 3.63) is 53.3 Å². The number of carbonyl (C=O) groups is 1. The van der Waals surface area contributed by atoms with E-state index >= 15 is 0 Å². The summed E-state index contributed by atoms with van der Waals surface area (Å²) in [6.07, 6.45) is 0. The fourth-order valence-corrected chi connectivity index (χ4v) is 5.16. The van der Waals surface area contributed by atoms with Crippen LogP contribution in [0, 0.1) is 0 Å². The number of aromatic hydroxyl groups is 2. The minimum Gasteiger partial charge on any atom is -0.508 e. The fourth-order valence-electron chi connectivity index (χ4n) is 5.16. The van der Waals surface area contributed by atoms with Crippen LogP contribution in [0.25, 0.3) is 17.1 Å². The molecule has 0 unspecified atom stereocenters. The maximum absolute atomic E-state index is 13.4. The maximum Gasteiger partial charge on any atom is 0.289 e. The normalized spacial score (nSPS) is 14.6. The largest absolute Gasteiger partial charge is 0.508 e. The Labute approximate surface area is 248 Å². The summed E-state index contributed by atoms with van der Waals surface area (Å²) in [5, 5.41) is 32.9. The molecule has 4 rings (SSSR count). The van der Waals surface area contributed by atoms with Crippen LogP contribution in [-0.4, -0.2) is 119 Å². The molecule has 2 heterocycles. The highest BCUT2D eigenvalue weighted by Crippen LogP contribution is 2.38. The predicted molar refractivity (Wildman–Crippen MR) is 163 cm³/mol. The van der Waals surface area contributed by atoms with Gasteiger partial charge in [-0.15, -0.1) is 10.2 Å². The minimum atomic E-state index is -0.361. The van der Waals surface area contributed by atoms with Gasteiger partial charge in [0.1, 0.15) is 11.5 Å². The lowest BCUT2D eigenvalue weighted by Gasteiger charge is -2.32. The number of nitrogens with zero attached hydrogens (tertiary/aromatic N) is 6. The number of amides is 1. The predicted octanol–water partition coefficient (Wildman–Crippen LogP) is 2.91. The first-order valence-corrected chi connectivity index (χ1v) is 14.7. The molecule has 1 aromatic heterocycles. The molecule has 1 saturated heterocycles. The highest BCUT2D eigenvalue weighted by molar-refractivity contribution is 5.92. The number of methoxy groups -OCH3 is 1. The third kappa shape index (κ3) is 7.65. The Bertz CT molecular complexity index is 1320. The molecule has 1 aliphatic heterocycles. The summed E-state index contributed by atoms with van der Waals surface area (Å²) in [6.45, 7) is 14.4. The number of ether oxygens (including phenoxy) is 1. The molecule has 3 N–H and O–H groups in total. The molecule has 1 aliphatic rings. The van der Waals surface area contributed by atoms with Gasteiger partial charge in [0, 0.05) is 71.2 Å². The van der Waals surface area contributed by atoms with E-state index in [1.54, 1.807) is 17.7 Å². The van der Waals surface area contributed by atoms with Gasteiger partial charge >= 0.3 is 0 Å². The first-order chi connectivity index (χ1) is 20.2. The molecule has 228 valence electrons. The van der Waals surface area contributed by atoms with Gasteiger partial charge < -0.3 is 25.2 Å². The van der Waals surface area contributed by atoms with Crippen molar-refractivity contribution >= 4 is 5.91 Å². The molecule has 3 aromatic rings. The van der Waals surface area contributed by atoms with Crippen LogP contribution in [0.2, 0.25) is 0 Å². The van der Waals surface area contributed by atoms with E-state index in [0.29, 0.717) is 42.3 Å². The second-order valence-corrected chi connectivity index (χ2v) is 11.2. The number of phenols is 2. The zero-order valence-corrected chi connectivity index (χ0v) is 25.5. The summed E-state index contributed by atoms with van der Waals surface area (Å²) in [7, 11) is 3.82. The van der Waals surface area contributed by atoms with E-state index in [9.17, 15) is 15.0 Å². The Morgan fingerprint density at radius 1 is 1.05 bits per heavy atom. The van der Waals surface area contributed by atoms with Crippen LogP contribution in [0.15, 0.2) is 36.4 Å². The quantitative estimate of drug-likeness (QED) is 0.281. The molecule has 0 spiro atoms. The monoisotopic (exact) mass is 579 g/mol. The third-order valence-corrected chi connectivity index (χ3v) is 7.84. The van der Waals surface area contributed by atoms with Crippen molar-refractivity contribution < 1.29 is 19.7 Å². The first kappa shape index (κ1) is 31.4. The number of benzene rings is 2. The van der Waals surface area contributed by atoms with Crippen LogP contribution in [0.5, 0.6) is 11.5 Å². The number of piperazine rings is 1. The number of phenolic OH excluding ortho intramolecular Hbond substituents is 2. The Morgan fingerprint density at radius 2 is 1.76 bits per heavy atom. The molecule has 11 heteroatoms. The standard InChI is InChI=1S/C31H45N7O4/c1-6-36(17-18-42-5)12-11-32-31(41)30-34-33-29(26-19-25(22(2)3)27(39)20-28(26)40)38(30)24-9-7-23(8-10-24)21-37-15-13-35(4)14-16-37/h7-10,19-20,22,39-40H,6,11-18,21H2,1-5H3,(H,32,41). The molecule has 0 radical (unpaired) electrons. The zero-order valence-electron chi connectivity index (χ0n) is 25.5. The number of likely N-dealkylation sites (N-methyl/N-ethyl adjacent to an activating group) is 2. The number of nitrogens with one attached hydrogen (secondary N) is 1. The number of hydrogen-bond donors (Lipinski definition) is 3. The zero-order chi connectivity index (χ0) is 30.2. The van der Waals surface area contributed by atoms with Crippen molar-refractivity contribution in [1.29, 1.82) is 0 Å². The van der Waals surface area contributed by atoms with Gasteiger partial charge in [0.05, 0.1) is 12.2 Å². The van der Waals surface area contributed by atoms with Crippen molar-refractivity contribution in [3.8, 4) is 28.6 Å². The summed E-state index contributed by atoms with van der Waals surface area (Å²) < 4.78 is 6.86. The first-order valence-electron chi connectivity index (χ1n) is 14.7. The Kier molecular flexibility index (Phi) is 10.9. The van der Waals surface area contributed by atoms with E-state index in [-0.39, 0.29) is 29.1 Å². The molecular weight excluding hydrogens is 534 g/mol. The van der Waals surface area contributed by atoms with Gasteiger partial charge in [-0.25, -0.2) is 0 Å². The van der Waals surface area contributed by atoms with E-state index in [1.807, 2.05) is 26.0 Å². The number of aromatic nitrogens is 3. The SMILES string of the molecule is CCN(CCNC(=O)c1nnc(-c2cc(C(C)C)c(O)cc2O)n1-c1ccc(CN2CCN(C)CC2)cc1)CCOC. The second kappa shape index (κ2) is 14.6. The summed E-state index contributed by atoms with van der Waals surface area (Å²) in [6, 6.07) is 11.1. The van der Waals surface area contributed by atoms with E-state index in [1.165, 1.54) is 11.6 Å². The summed E-state index contributed by atoms with van der Waals surface area (Å²) in [5.74, 6) is -0.0345. The Morgan fingerprint density at radius 3 is 2.40 bits per heavy atom. The topological polar surface area (TPSA) is 119 Å². The summed E-state index contributed by atoms with van der Waals surface area (Å²) in [5.41, 5.74) is 2.94. The number of carbonyl (C=O) groups excluding carboxylic acids is 1. The molecule has 0 aliphatic carbocycles. The van der Waals surface area contributed by atoms with Gasteiger partial charge in [-0.2, -0.15) is 0 Å². The fraction of sp³-hybridized carbons (Fsp3) is 0.516. The van der Waals surface area contributed by atoms with E-state index < -0.39 is 0 Å². The molecule has 11 nitrogen and oxygen atoms in total. The molecule has 1 fully saturated rings. The highest BCUT2D eigenvalue weighted by atomic mass is 16.5. The lowest BCUT2D eigenvalue weighted by Crippen LogP contribution is -2.43. The number of hydrogen-bond acceptors (Lipinski definition) is 9. The Hall–Kier alpha value is -3.51. The maximum atomic E-state index is 13.4. The van der Waals surface area contributed by atoms with Gasteiger partial charge in [0.15, 0.2) is 5.82 Å². The van der Waals surface area contributed by atoms with Crippen LogP contribution in [-0.2, 0) is 11.3 Å². The lowest BCUT2D eigenvalue weighted by molar-refractivity contribution is 0.0932. The Balaban J connectivity index is 1.64. The molecular formula is C31H45N7O4. The van der Waals surface area contributed by atoms with E-state index in [2.05, 4.69) is 56.3 Å². The third-order valence-electron chi connectivity index (χ3n) is 7.84. The van der Waals surface area contributed by atoms with Crippen molar-refractivity contribution in [2.45, 2.75) is 33.2 Å². The van der Waals surface area contributed by atoms with Crippen molar-refractivity contribution in [2.75, 3.05) is 73.1 Å². The van der Waals surface area contributed by atoms with Crippen molar-refractivity contribution in [2.24, 2.45) is 0 Å². The van der Waals surface area contributed by atoms with Gasteiger partial charge in [-0.3, -0.25) is 19.2 Å². The van der Waals surface area contributed by atoms with Gasteiger partial charge in [0.25, 0.3) is 5.91 Å². The van der Waals surface area contributed by atoms with Gasteiger partial charge in [-0.1, -0.05) is 32.9 Å². The van der Waals surface area contributed by atoms with E-state index in [0.717, 1.165) is 45.8 Å². The second-order valence-electron chi connectivity index (χ2n) is 11.2. The van der Waals surface area contributed by atoms with Crippen molar-refractivity contribution in [1.82, 2.24) is 34.8 Å². The van der Waals surface area contributed by atoms with Crippen LogP contribution in [0.1, 0.15) is 48.4 Å². The highest BCUT2D eigenvalue weighted by Gasteiger charge is 2.25. The average molecular weight is 580 g/mol. The molecule has 0 bridgehead atoms. The van der Waals surface area contributed by atoms with E-state index in [4.69, 9.17) is 4.74 Å². The molecule has 1 amide bonds. The smallest absolute Gasteiger partial charge is 0.289 e. The molecule has 2 aromatic carbocycles. The molecule has 0 atom stereocenters. The van der Waals surface area contributed by atoms with Crippen LogP contribution < -0.4 is 5.32 Å². The minimum absolute atomic E-state index is 0.0111. The van der Waals surface area contributed by atoms with Crippen LogP contribution in [0.3, 0.4) is 0 Å². The molecule has 0 saturated carbocycles. The average Bonchev–Trinajstić information content (AvgIpc) is 3.41. The molecule has 42 heavy (non-hydrogen) atoms. The summed E-state index contributed by atoms with van der Waals surface area (Å²) in [4.78, 5) is 20.4. The number of rotatable bonds is 13. The van der Waals surface area contributed by atoms with Gasteiger partial charge in [0.2, 0.25) is 5.82 Å². The lowest BCUT2D eigenvalue weighted by atomic mass is 9.98. The summed E-state index contributed by atoms with van der Waals surface area (Å²) >= 11 is 0.